The molecule has 0 saturated carbocycles. The summed E-state index contributed by atoms with van der Waals surface area (Å²) < 4.78 is 34.4. The summed E-state index contributed by atoms with van der Waals surface area (Å²) in [5.41, 5.74) is 1.11. The molecule has 1 saturated heterocycles. The molecule has 0 spiro atoms. The average Bonchev–Trinajstić information content (AvgIpc) is 2.95. The Morgan fingerprint density at radius 3 is 2.68 bits per heavy atom. The van der Waals surface area contributed by atoms with Crippen molar-refractivity contribution in [2.45, 2.75) is 38.6 Å². The van der Waals surface area contributed by atoms with Crippen molar-refractivity contribution in [2.75, 3.05) is 31.3 Å². The third kappa shape index (κ3) is 4.45. The molecule has 1 atom stereocenters. The zero-order chi connectivity index (χ0) is 17.9. The van der Waals surface area contributed by atoms with E-state index in [4.69, 9.17) is 9.47 Å². The van der Waals surface area contributed by atoms with Crippen LogP contribution in [0.5, 0.6) is 11.5 Å². The standard InChI is InChI=1S/C18H25NO5S/c1-2-19(15-8-11-25(21,22)13-15)18(20)5-3-4-14-6-7-16-17(12-14)24-10-9-23-16/h6-7,12,15H,2-5,8-11,13H2,1H3. The molecule has 0 aliphatic carbocycles. The Morgan fingerprint density at radius 1 is 1.24 bits per heavy atom. The van der Waals surface area contributed by atoms with Crippen LogP contribution < -0.4 is 9.47 Å². The van der Waals surface area contributed by atoms with Crippen molar-refractivity contribution < 1.29 is 22.7 Å². The number of hydrogen-bond acceptors (Lipinski definition) is 5. The highest BCUT2D eigenvalue weighted by atomic mass is 32.2. The normalized spacial score (nSPS) is 21.1. The molecule has 2 aliphatic heterocycles. The molecular weight excluding hydrogens is 342 g/mol. The van der Waals surface area contributed by atoms with Crippen LogP contribution in [0.3, 0.4) is 0 Å². The summed E-state index contributed by atoms with van der Waals surface area (Å²) in [6.45, 7) is 3.60. The number of amides is 1. The fraction of sp³-hybridized carbons (Fsp3) is 0.611. The first-order valence-corrected chi connectivity index (χ1v) is 10.7. The Kier molecular flexibility index (Phi) is 5.51. The number of aryl methyl sites for hydroxylation is 1. The fourth-order valence-corrected chi connectivity index (χ4v) is 5.22. The van der Waals surface area contributed by atoms with Gasteiger partial charge in [-0.15, -0.1) is 0 Å². The van der Waals surface area contributed by atoms with Crippen LogP contribution in [0.2, 0.25) is 0 Å². The van der Waals surface area contributed by atoms with Gasteiger partial charge in [-0.1, -0.05) is 6.07 Å². The molecule has 7 heteroatoms. The van der Waals surface area contributed by atoms with Gasteiger partial charge >= 0.3 is 0 Å². The smallest absolute Gasteiger partial charge is 0.222 e. The Labute approximate surface area is 149 Å². The van der Waals surface area contributed by atoms with Crippen molar-refractivity contribution in [3.05, 3.63) is 23.8 Å². The van der Waals surface area contributed by atoms with E-state index in [1.165, 1.54) is 0 Å². The highest BCUT2D eigenvalue weighted by Crippen LogP contribution is 2.31. The summed E-state index contributed by atoms with van der Waals surface area (Å²) in [5.74, 6) is 1.88. The van der Waals surface area contributed by atoms with Crippen molar-refractivity contribution in [3.63, 3.8) is 0 Å². The molecular formula is C18H25NO5S. The lowest BCUT2D eigenvalue weighted by Crippen LogP contribution is -2.40. The minimum atomic E-state index is -2.98. The van der Waals surface area contributed by atoms with Crippen LogP contribution in [-0.2, 0) is 21.1 Å². The summed E-state index contributed by atoms with van der Waals surface area (Å²) in [6, 6.07) is 5.73. The lowest BCUT2D eigenvalue weighted by Gasteiger charge is -2.27. The Morgan fingerprint density at radius 2 is 2.00 bits per heavy atom. The van der Waals surface area contributed by atoms with Crippen LogP contribution in [0, 0.1) is 0 Å². The van der Waals surface area contributed by atoms with E-state index in [0.29, 0.717) is 32.6 Å². The molecule has 138 valence electrons. The maximum atomic E-state index is 12.5. The molecule has 1 aromatic carbocycles. The van der Waals surface area contributed by atoms with E-state index in [2.05, 4.69) is 0 Å². The predicted octanol–water partition coefficient (Wildman–Crippen LogP) is 1.82. The van der Waals surface area contributed by atoms with Gasteiger partial charge in [0.15, 0.2) is 21.3 Å². The maximum absolute atomic E-state index is 12.5. The van der Waals surface area contributed by atoms with Crippen molar-refractivity contribution >= 4 is 15.7 Å². The first-order chi connectivity index (χ1) is 12.0. The Hall–Kier alpha value is -1.76. The van der Waals surface area contributed by atoms with Gasteiger partial charge in [0.1, 0.15) is 13.2 Å². The second-order valence-corrected chi connectivity index (χ2v) is 8.80. The van der Waals surface area contributed by atoms with E-state index in [1.807, 2.05) is 25.1 Å². The molecule has 6 nitrogen and oxygen atoms in total. The van der Waals surface area contributed by atoms with Crippen molar-refractivity contribution in [3.8, 4) is 11.5 Å². The van der Waals surface area contributed by atoms with Crippen LogP contribution >= 0.6 is 0 Å². The number of carbonyl (C=O) groups excluding carboxylic acids is 1. The minimum absolute atomic E-state index is 0.0437. The summed E-state index contributed by atoms with van der Waals surface area (Å²) in [4.78, 5) is 14.2. The molecule has 0 aromatic heterocycles. The van der Waals surface area contributed by atoms with Gasteiger partial charge in [-0.05, 0) is 43.9 Å². The van der Waals surface area contributed by atoms with E-state index in [0.717, 1.165) is 29.9 Å². The van der Waals surface area contributed by atoms with E-state index >= 15 is 0 Å². The molecule has 1 amide bonds. The first kappa shape index (κ1) is 18.0. The van der Waals surface area contributed by atoms with Crippen LogP contribution in [0.1, 0.15) is 31.7 Å². The number of nitrogens with zero attached hydrogens (tertiary/aromatic N) is 1. The summed E-state index contributed by atoms with van der Waals surface area (Å²) in [6.07, 6.45) is 2.50. The van der Waals surface area contributed by atoms with Gasteiger partial charge in [-0.25, -0.2) is 8.42 Å². The second kappa shape index (κ2) is 7.64. The highest BCUT2D eigenvalue weighted by Gasteiger charge is 2.33. The molecule has 0 bridgehead atoms. The third-order valence-electron chi connectivity index (χ3n) is 4.77. The van der Waals surface area contributed by atoms with Crippen molar-refractivity contribution in [1.82, 2.24) is 4.90 Å². The van der Waals surface area contributed by atoms with E-state index in [9.17, 15) is 13.2 Å². The Balaban J connectivity index is 1.51. The third-order valence-corrected chi connectivity index (χ3v) is 6.52. The molecule has 25 heavy (non-hydrogen) atoms. The van der Waals surface area contributed by atoms with Crippen LogP contribution in [0.4, 0.5) is 0 Å². The van der Waals surface area contributed by atoms with Crippen molar-refractivity contribution in [1.29, 1.82) is 0 Å². The molecule has 0 N–H and O–H groups in total. The number of benzene rings is 1. The number of ether oxygens (including phenoxy) is 2. The van der Waals surface area contributed by atoms with Gasteiger partial charge in [0.25, 0.3) is 0 Å². The second-order valence-electron chi connectivity index (χ2n) is 6.57. The molecule has 1 aromatic rings. The monoisotopic (exact) mass is 367 g/mol. The molecule has 2 heterocycles. The maximum Gasteiger partial charge on any atom is 0.222 e. The SMILES string of the molecule is CCN(C(=O)CCCc1ccc2c(c1)OCCO2)C1CCS(=O)(=O)C1. The Bertz CT molecular complexity index is 731. The number of hydrogen-bond donors (Lipinski definition) is 0. The quantitative estimate of drug-likeness (QED) is 0.767. The van der Waals surface area contributed by atoms with Gasteiger partial charge in [0.2, 0.25) is 5.91 Å². The largest absolute Gasteiger partial charge is 0.486 e. The summed E-state index contributed by atoms with van der Waals surface area (Å²) in [7, 11) is -2.98. The van der Waals surface area contributed by atoms with Gasteiger partial charge in [0.05, 0.1) is 11.5 Å². The molecule has 1 unspecified atom stereocenters. The number of rotatable bonds is 6. The molecule has 0 radical (unpaired) electrons. The zero-order valence-corrected chi connectivity index (χ0v) is 15.4. The van der Waals surface area contributed by atoms with Crippen molar-refractivity contribution in [2.24, 2.45) is 0 Å². The van der Waals surface area contributed by atoms with Gasteiger partial charge in [-0.2, -0.15) is 0 Å². The lowest BCUT2D eigenvalue weighted by molar-refractivity contribution is -0.132. The van der Waals surface area contributed by atoms with Crippen LogP contribution in [-0.4, -0.2) is 56.5 Å². The fourth-order valence-electron chi connectivity index (χ4n) is 3.49. The first-order valence-electron chi connectivity index (χ1n) is 8.87. The highest BCUT2D eigenvalue weighted by molar-refractivity contribution is 7.91. The van der Waals surface area contributed by atoms with E-state index < -0.39 is 9.84 Å². The lowest BCUT2D eigenvalue weighted by atomic mass is 10.1. The zero-order valence-electron chi connectivity index (χ0n) is 14.6. The number of carbonyl (C=O) groups is 1. The minimum Gasteiger partial charge on any atom is -0.486 e. The summed E-state index contributed by atoms with van der Waals surface area (Å²) >= 11 is 0. The topological polar surface area (TPSA) is 72.9 Å². The van der Waals surface area contributed by atoms with Crippen LogP contribution in [0.25, 0.3) is 0 Å². The average molecular weight is 367 g/mol. The van der Waals surface area contributed by atoms with E-state index in [1.54, 1.807) is 4.90 Å². The van der Waals surface area contributed by atoms with E-state index in [-0.39, 0.29) is 23.5 Å². The molecule has 3 rings (SSSR count). The molecule has 2 aliphatic rings. The van der Waals surface area contributed by atoms with Gasteiger partial charge in [0, 0.05) is 19.0 Å². The van der Waals surface area contributed by atoms with Gasteiger partial charge < -0.3 is 14.4 Å². The van der Waals surface area contributed by atoms with Gasteiger partial charge in [-0.3, -0.25) is 4.79 Å². The number of fused-ring (bicyclic) bond motifs is 1. The summed E-state index contributed by atoms with van der Waals surface area (Å²) in [5, 5.41) is 0. The van der Waals surface area contributed by atoms with Crippen LogP contribution in [0.15, 0.2) is 18.2 Å². The molecule has 1 fully saturated rings. The number of sulfone groups is 1. The predicted molar refractivity (Wildman–Crippen MR) is 94.8 cm³/mol.